The SMILES string of the molecule is C=CCCC(O)CN(Cc1nc2scc(-c3ccccc3OC)c2c(=O)[nH]1)C1CC1. The number of para-hydroxylation sites is 1. The van der Waals surface area contributed by atoms with Crippen molar-refractivity contribution in [2.24, 2.45) is 0 Å². The quantitative estimate of drug-likeness (QED) is 0.481. The third-order valence-corrected chi connectivity index (χ3v) is 6.33. The number of thiophene rings is 1. The lowest BCUT2D eigenvalue weighted by Crippen LogP contribution is -2.35. The smallest absolute Gasteiger partial charge is 0.260 e. The average Bonchev–Trinajstić information content (AvgIpc) is 3.51. The molecule has 1 fully saturated rings. The highest BCUT2D eigenvalue weighted by molar-refractivity contribution is 7.17. The van der Waals surface area contributed by atoms with E-state index < -0.39 is 6.10 Å². The standard InChI is InChI=1S/C23H27N3O3S/c1-3-4-7-16(27)12-26(15-10-11-15)13-20-24-22(28)21-18(14-30-23(21)25-20)17-8-5-6-9-19(17)29-2/h3,5-6,8-9,14-16,27H,1,4,7,10-13H2,2H3,(H,24,25,28). The van der Waals surface area contributed by atoms with E-state index >= 15 is 0 Å². The molecule has 0 aliphatic heterocycles. The van der Waals surface area contributed by atoms with E-state index in [0.717, 1.165) is 41.0 Å². The first kappa shape index (κ1) is 20.8. The highest BCUT2D eigenvalue weighted by Crippen LogP contribution is 2.36. The van der Waals surface area contributed by atoms with Gasteiger partial charge in [-0.3, -0.25) is 9.69 Å². The van der Waals surface area contributed by atoms with Crippen LogP contribution in [0.3, 0.4) is 0 Å². The molecule has 1 aromatic carbocycles. The summed E-state index contributed by atoms with van der Waals surface area (Å²) in [6.45, 7) is 4.83. The maximum atomic E-state index is 13.0. The predicted molar refractivity (Wildman–Crippen MR) is 121 cm³/mol. The number of ether oxygens (including phenoxy) is 1. The van der Waals surface area contributed by atoms with Crippen molar-refractivity contribution in [2.45, 2.75) is 44.4 Å². The zero-order valence-electron chi connectivity index (χ0n) is 17.1. The van der Waals surface area contributed by atoms with Gasteiger partial charge in [0.2, 0.25) is 0 Å². The molecule has 4 rings (SSSR count). The van der Waals surface area contributed by atoms with E-state index in [1.165, 1.54) is 11.3 Å². The molecule has 2 heterocycles. The van der Waals surface area contributed by atoms with Gasteiger partial charge < -0.3 is 14.8 Å². The van der Waals surface area contributed by atoms with Gasteiger partial charge in [0.25, 0.3) is 5.56 Å². The van der Waals surface area contributed by atoms with E-state index in [2.05, 4.69) is 16.5 Å². The van der Waals surface area contributed by atoms with Crippen LogP contribution in [-0.4, -0.2) is 45.8 Å². The third-order valence-electron chi connectivity index (χ3n) is 5.46. The average molecular weight is 426 g/mol. The second-order valence-corrected chi connectivity index (χ2v) is 8.58. The summed E-state index contributed by atoms with van der Waals surface area (Å²) in [5, 5.41) is 12.9. The van der Waals surface area contributed by atoms with Crippen molar-refractivity contribution in [1.29, 1.82) is 0 Å². The van der Waals surface area contributed by atoms with Crippen LogP contribution < -0.4 is 10.3 Å². The fraction of sp³-hybridized carbons (Fsp3) is 0.391. The van der Waals surface area contributed by atoms with Gasteiger partial charge in [0, 0.05) is 29.1 Å². The molecule has 0 bridgehead atoms. The molecule has 0 spiro atoms. The summed E-state index contributed by atoms with van der Waals surface area (Å²) in [5.41, 5.74) is 1.59. The highest BCUT2D eigenvalue weighted by Gasteiger charge is 2.31. The predicted octanol–water partition coefficient (Wildman–Crippen LogP) is 3.95. The largest absolute Gasteiger partial charge is 0.496 e. The number of hydrogen-bond acceptors (Lipinski definition) is 6. The Balaban J connectivity index is 1.61. The molecule has 1 saturated carbocycles. The monoisotopic (exact) mass is 425 g/mol. The molecular weight excluding hydrogens is 398 g/mol. The minimum atomic E-state index is -0.405. The Morgan fingerprint density at radius 3 is 2.93 bits per heavy atom. The van der Waals surface area contributed by atoms with Crippen molar-refractivity contribution in [3.05, 3.63) is 58.5 Å². The Morgan fingerprint density at radius 1 is 1.40 bits per heavy atom. The second-order valence-electron chi connectivity index (χ2n) is 7.72. The molecule has 1 unspecified atom stereocenters. The molecule has 30 heavy (non-hydrogen) atoms. The number of nitrogens with one attached hydrogen (secondary N) is 1. The van der Waals surface area contributed by atoms with Crippen molar-refractivity contribution in [1.82, 2.24) is 14.9 Å². The lowest BCUT2D eigenvalue weighted by atomic mass is 10.1. The van der Waals surface area contributed by atoms with Gasteiger partial charge in [-0.15, -0.1) is 17.9 Å². The first-order valence-corrected chi connectivity index (χ1v) is 11.2. The Morgan fingerprint density at radius 2 is 2.20 bits per heavy atom. The van der Waals surface area contributed by atoms with Gasteiger partial charge in [-0.1, -0.05) is 24.3 Å². The summed E-state index contributed by atoms with van der Waals surface area (Å²) >= 11 is 1.47. The summed E-state index contributed by atoms with van der Waals surface area (Å²) in [6, 6.07) is 8.14. The van der Waals surface area contributed by atoms with Crippen LogP contribution in [0.25, 0.3) is 21.3 Å². The van der Waals surface area contributed by atoms with Crippen molar-refractivity contribution >= 4 is 21.6 Å². The van der Waals surface area contributed by atoms with E-state index in [4.69, 9.17) is 9.72 Å². The highest BCUT2D eigenvalue weighted by atomic mass is 32.1. The summed E-state index contributed by atoms with van der Waals surface area (Å²) in [4.78, 5) is 23.6. The van der Waals surface area contributed by atoms with Crippen molar-refractivity contribution in [3.8, 4) is 16.9 Å². The number of benzene rings is 1. The van der Waals surface area contributed by atoms with Crippen LogP contribution in [0.2, 0.25) is 0 Å². The van der Waals surface area contributed by atoms with Crippen LogP contribution in [0.1, 0.15) is 31.5 Å². The number of hydrogen-bond donors (Lipinski definition) is 2. The number of aromatic nitrogens is 2. The van der Waals surface area contributed by atoms with Gasteiger partial charge >= 0.3 is 0 Å². The van der Waals surface area contributed by atoms with Gasteiger partial charge in [-0.2, -0.15) is 0 Å². The maximum absolute atomic E-state index is 13.0. The van der Waals surface area contributed by atoms with Gasteiger partial charge in [0.15, 0.2) is 0 Å². The van der Waals surface area contributed by atoms with Crippen molar-refractivity contribution < 1.29 is 9.84 Å². The lowest BCUT2D eigenvalue weighted by Gasteiger charge is -2.24. The topological polar surface area (TPSA) is 78.5 Å². The molecular formula is C23H27N3O3S. The van der Waals surface area contributed by atoms with Crippen molar-refractivity contribution in [3.63, 3.8) is 0 Å². The zero-order chi connectivity index (χ0) is 21.1. The van der Waals surface area contributed by atoms with Crippen LogP contribution in [0.5, 0.6) is 5.75 Å². The van der Waals surface area contributed by atoms with E-state index in [0.29, 0.717) is 36.8 Å². The Bertz CT molecular complexity index is 1090. The molecule has 158 valence electrons. The van der Waals surface area contributed by atoms with Crippen LogP contribution in [0.4, 0.5) is 0 Å². The molecule has 1 aliphatic carbocycles. The molecule has 0 radical (unpaired) electrons. The van der Waals surface area contributed by atoms with Gasteiger partial charge in [0.05, 0.1) is 25.1 Å². The minimum Gasteiger partial charge on any atom is -0.496 e. The molecule has 2 N–H and O–H groups in total. The van der Waals surface area contributed by atoms with Crippen LogP contribution in [-0.2, 0) is 6.54 Å². The number of methoxy groups -OCH3 is 1. The molecule has 3 aromatic rings. The number of aliphatic hydroxyl groups excluding tert-OH is 1. The van der Waals surface area contributed by atoms with Crippen molar-refractivity contribution in [2.75, 3.05) is 13.7 Å². The zero-order valence-corrected chi connectivity index (χ0v) is 18.0. The summed E-state index contributed by atoms with van der Waals surface area (Å²) in [6.07, 6.45) is 5.16. The Labute approximate surface area is 179 Å². The number of allylic oxidation sites excluding steroid dienone is 1. The summed E-state index contributed by atoms with van der Waals surface area (Å²) in [5.74, 6) is 1.37. The van der Waals surface area contributed by atoms with E-state index in [-0.39, 0.29) is 5.56 Å². The fourth-order valence-electron chi connectivity index (χ4n) is 3.78. The van der Waals surface area contributed by atoms with E-state index in [1.807, 2.05) is 35.7 Å². The molecule has 0 saturated heterocycles. The molecule has 1 aliphatic rings. The molecule has 6 nitrogen and oxygen atoms in total. The third kappa shape index (κ3) is 4.48. The molecule has 1 atom stereocenters. The van der Waals surface area contributed by atoms with Gasteiger partial charge in [-0.25, -0.2) is 4.98 Å². The van der Waals surface area contributed by atoms with E-state index in [9.17, 15) is 9.90 Å². The fourth-order valence-corrected chi connectivity index (χ4v) is 4.74. The lowest BCUT2D eigenvalue weighted by molar-refractivity contribution is 0.0966. The van der Waals surface area contributed by atoms with Gasteiger partial charge in [-0.05, 0) is 31.7 Å². The number of aliphatic hydroxyl groups is 1. The second kappa shape index (κ2) is 9.12. The Kier molecular flexibility index (Phi) is 6.32. The Hall–Kier alpha value is -2.48. The number of H-pyrrole nitrogens is 1. The first-order chi connectivity index (χ1) is 14.6. The molecule has 7 heteroatoms. The molecule has 2 aromatic heterocycles. The van der Waals surface area contributed by atoms with Crippen LogP contribution >= 0.6 is 11.3 Å². The minimum absolute atomic E-state index is 0.139. The normalized spacial score (nSPS) is 14.9. The van der Waals surface area contributed by atoms with Gasteiger partial charge in [0.1, 0.15) is 16.4 Å². The maximum Gasteiger partial charge on any atom is 0.260 e. The number of rotatable bonds is 10. The summed E-state index contributed by atoms with van der Waals surface area (Å²) < 4.78 is 5.47. The number of aromatic amines is 1. The summed E-state index contributed by atoms with van der Waals surface area (Å²) in [7, 11) is 1.63. The van der Waals surface area contributed by atoms with Crippen LogP contribution in [0.15, 0.2) is 47.1 Å². The molecule has 0 amide bonds. The van der Waals surface area contributed by atoms with Crippen LogP contribution in [0, 0.1) is 0 Å². The number of nitrogens with zero attached hydrogens (tertiary/aromatic N) is 2. The number of fused-ring (bicyclic) bond motifs is 1. The first-order valence-electron chi connectivity index (χ1n) is 10.3. The van der Waals surface area contributed by atoms with E-state index in [1.54, 1.807) is 7.11 Å².